The Morgan fingerprint density at radius 2 is 1.33 bits per heavy atom. The average Bonchev–Trinajstić information content (AvgIpc) is 2.38. The number of benzene rings is 2. The van der Waals surface area contributed by atoms with E-state index in [9.17, 15) is 4.79 Å². The summed E-state index contributed by atoms with van der Waals surface area (Å²) in [4.78, 5) is 11.9. The molecule has 0 atom stereocenters. The van der Waals surface area contributed by atoms with Gasteiger partial charge in [0.1, 0.15) is 0 Å². The van der Waals surface area contributed by atoms with E-state index in [0.717, 1.165) is 14.5 Å². The summed E-state index contributed by atoms with van der Waals surface area (Å²) in [6.07, 6.45) is 3.41. The molecule has 1 nitrogen and oxygen atoms in total. The summed E-state index contributed by atoms with van der Waals surface area (Å²) in [5.41, 5.74) is 1.69. The minimum Gasteiger partial charge on any atom is -0.289 e. The fourth-order valence-electron chi connectivity index (χ4n) is 1.46. The van der Waals surface area contributed by atoms with E-state index in [-0.39, 0.29) is 5.78 Å². The molecule has 0 saturated carbocycles. The van der Waals surface area contributed by atoms with Crippen molar-refractivity contribution in [1.29, 1.82) is 0 Å². The van der Waals surface area contributed by atoms with E-state index in [2.05, 4.69) is 31.9 Å². The molecule has 2 rings (SSSR count). The van der Waals surface area contributed by atoms with Crippen LogP contribution in [0.5, 0.6) is 0 Å². The molecule has 0 spiro atoms. The van der Waals surface area contributed by atoms with E-state index in [1.807, 2.05) is 42.5 Å². The highest BCUT2D eigenvalue weighted by Crippen LogP contribution is 2.13. The van der Waals surface area contributed by atoms with Gasteiger partial charge in [0, 0.05) is 14.5 Å². The maximum Gasteiger partial charge on any atom is 0.185 e. The van der Waals surface area contributed by atoms with Gasteiger partial charge in [-0.25, -0.2) is 0 Å². The molecule has 0 amide bonds. The predicted octanol–water partition coefficient (Wildman–Crippen LogP) is 5.11. The second-order valence-electron chi connectivity index (χ2n) is 3.76. The molecule has 0 aliphatic heterocycles. The highest BCUT2D eigenvalue weighted by molar-refractivity contribution is 9.10. The van der Waals surface area contributed by atoms with Crippen molar-refractivity contribution in [2.24, 2.45) is 0 Å². The third-order valence-electron chi connectivity index (χ3n) is 2.43. The van der Waals surface area contributed by atoms with Gasteiger partial charge >= 0.3 is 0 Å². The molecule has 0 fully saturated rings. The number of carbonyl (C=O) groups is 1. The second-order valence-corrected chi connectivity index (χ2v) is 5.59. The van der Waals surface area contributed by atoms with Crippen molar-refractivity contribution in [3.8, 4) is 0 Å². The first-order valence-electron chi connectivity index (χ1n) is 5.39. The van der Waals surface area contributed by atoms with Crippen LogP contribution < -0.4 is 0 Å². The predicted molar refractivity (Wildman–Crippen MR) is 81.6 cm³/mol. The van der Waals surface area contributed by atoms with E-state index in [1.165, 1.54) is 0 Å². The maximum atomic E-state index is 11.9. The second kappa shape index (κ2) is 6.12. The Bertz CT molecular complexity index is 568. The van der Waals surface area contributed by atoms with Gasteiger partial charge in [0.2, 0.25) is 0 Å². The third-order valence-corrected chi connectivity index (χ3v) is 3.48. The number of carbonyl (C=O) groups excluding carboxylic acids is 1. The van der Waals surface area contributed by atoms with Crippen molar-refractivity contribution in [2.45, 2.75) is 0 Å². The lowest BCUT2D eigenvalue weighted by Crippen LogP contribution is -1.92. The smallest absolute Gasteiger partial charge is 0.185 e. The van der Waals surface area contributed by atoms with Crippen LogP contribution in [0.2, 0.25) is 0 Å². The first-order valence-corrected chi connectivity index (χ1v) is 6.97. The van der Waals surface area contributed by atoms with E-state index >= 15 is 0 Å². The molecule has 90 valence electrons. The van der Waals surface area contributed by atoms with Gasteiger partial charge < -0.3 is 0 Å². The van der Waals surface area contributed by atoms with Crippen molar-refractivity contribution < 1.29 is 4.79 Å². The molecular formula is C15H10Br2O. The summed E-state index contributed by atoms with van der Waals surface area (Å²) in [5, 5.41) is 0. The number of ketones is 1. The Balaban J connectivity index is 2.11. The highest BCUT2D eigenvalue weighted by atomic mass is 79.9. The molecule has 0 aliphatic carbocycles. The molecule has 2 aromatic carbocycles. The van der Waals surface area contributed by atoms with Crippen LogP contribution in [-0.2, 0) is 0 Å². The fourth-order valence-corrected chi connectivity index (χ4v) is 1.98. The van der Waals surface area contributed by atoms with Gasteiger partial charge in [0.15, 0.2) is 5.78 Å². The van der Waals surface area contributed by atoms with Crippen LogP contribution in [0.15, 0.2) is 63.6 Å². The number of halogens is 2. The lowest BCUT2D eigenvalue weighted by molar-refractivity contribution is 0.104. The quantitative estimate of drug-likeness (QED) is 0.545. The normalized spacial score (nSPS) is 10.8. The summed E-state index contributed by atoms with van der Waals surface area (Å²) in [6, 6.07) is 15.1. The highest BCUT2D eigenvalue weighted by Gasteiger charge is 2.00. The number of hydrogen-bond donors (Lipinski definition) is 0. The molecule has 2 aromatic rings. The van der Waals surface area contributed by atoms with Crippen LogP contribution >= 0.6 is 31.9 Å². The number of allylic oxidation sites excluding steroid dienone is 1. The molecule has 0 N–H and O–H groups in total. The molecule has 0 saturated heterocycles. The average molecular weight is 366 g/mol. The van der Waals surface area contributed by atoms with Gasteiger partial charge in [0.25, 0.3) is 0 Å². The SMILES string of the molecule is O=C(C=Cc1ccc(Br)cc1)c1ccc(Br)cc1. The summed E-state index contributed by atoms with van der Waals surface area (Å²) >= 11 is 6.72. The first-order chi connectivity index (χ1) is 8.65. The zero-order chi connectivity index (χ0) is 13.0. The minimum absolute atomic E-state index is 0.00502. The fraction of sp³-hybridized carbons (Fsp3) is 0. The minimum atomic E-state index is 0.00502. The molecule has 0 unspecified atom stereocenters. The van der Waals surface area contributed by atoms with Crippen LogP contribution in [0.3, 0.4) is 0 Å². The number of rotatable bonds is 3. The molecule has 0 bridgehead atoms. The van der Waals surface area contributed by atoms with Gasteiger partial charge in [-0.1, -0.05) is 50.1 Å². The Morgan fingerprint density at radius 1 is 0.833 bits per heavy atom. The first kappa shape index (κ1) is 13.2. The standard InChI is InChI=1S/C15H10Br2O/c16-13-6-1-11(2-7-13)3-10-15(18)12-4-8-14(17)9-5-12/h1-10H. The Morgan fingerprint density at radius 3 is 1.89 bits per heavy atom. The van der Waals surface area contributed by atoms with Crippen molar-refractivity contribution in [2.75, 3.05) is 0 Å². The van der Waals surface area contributed by atoms with Gasteiger partial charge in [0.05, 0.1) is 0 Å². The number of hydrogen-bond acceptors (Lipinski definition) is 1. The van der Waals surface area contributed by atoms with Gasteiger partial charge in [-0.2, -0.15) is 0 Å². The lowest BCUT2D eigenvalue weighted by atomic mass is 10.1. The Kier molecular flexibility index (Phi) is 4.50. The van der Waals surface area contributed by atoms with E-state index in [1.54, 1.807) is 18.2 Å². The van der Waals surface area contributed by atoms with Crippen LogP contribution in [0.4, 0.5) is 0 Å². The zero-order valence-electron chi connectivity index (χ0n) is 9.44. The molecule has 0 radical (unpaired) electrons. The van der Waals surface area contributed by atoms with Gasteiger partial charge in [-0.15, -0.1) is 0 Å². The van der Waals surface area contributed by atoms with E-state index in [0.29, 0.717) is 5.56 Å². The zero-order valence-corrected chi connectivity index (χ0v) is 12.6. The van der Waals surface area contributed by atoms with E-state index in [4.69, 9.17) is 0 Å². The molecular weight excluding hydrogens is 356 g/mol. The Labute approximate surface area is 123 Å². The molecule has 0 aromatic heterocycles. The van der Waals surface area contributed by atoms with Crippen molar-refractivity contribution in [3.63, 3.8) is 0 Å². The van der Waals surface area contributed by atoms with E-state index < -0.39 is 0 Å². The lowest BCUT2D eigenvalue weighted by Gasteiger charge is -1.96. The van der Waals surface area contributed by atoms with Crippen molar-refractivity contribution in [3.05, 3.63) is 74.7 Å². The van der Waals surface area contributed by atoms with Gasteiger partial charge in [-0.3, -0.25) is 4.79 Å². The van der Waals surface area contributed by atoms with Crippen LogP contribution in [0, 0.1) is 0 Å². The summed E-state index contributed by atoms with van der Waals surface area (Å²) in [5.74, 6) is 0.00502. The third kappa shape index (κ3) is 3.65. The summed E-state index contributed by atoms with van der Waals surface area (Å²) in [6.45, 7) is 0. The largest absolute Gasteiger partial charge is 0.289 e. The molecule has 0 heterocycles. The molecule has 3 heteroatoms. The summed E-state index contributed by atoms with van der Waals surface area (Å²) < 4.78 is 2.00. The van der Waals surface area contributed by atoms with Crippen molar-refractivity contribution in [1.82, 2.24) is 0 Å². The van der Waals surface area contributed by atoms with Crippen LogP contribution in [0.1, 0.15) is 15.9 Å². The molecule has 0 aliphatic rings. The molecule has 18 heavy (non-hydrogen) atoms. The van der Waals surface area contributed by atoms with Crippen molar-refractivity contribution >= 4 is 43.7 Å². The van der Waals surface area contributed by atoms with Gasteiger partial charge in [-0.05, 0) is 48.0 Å². The Hall–Kier alpha value is -1.19. The maximum absolute atomic E-state index is 11.9. The summed E-state index contributed by atoms with van der Waals surface area (Å²) in [7, 11) is 0. The van der Waals surface area contributed by atoms with Crippen LogP contribution in [-0.4, -0.2) is 5.78 Å². The topological polar surface area (TPSA) is 17.1 Å². The van der Waals surface area contributed by atoms with Crippen LogP contribution in [0.25, 0.3) is 6.08 Å². The monoisotopic (exact) mass is 364 g/mol.